The molecule has 1 heterocycles. The van der Waals surface area contributed by atoms with Crippen molar-refractivity contribution in [1.29, 1.82) is 0 Å². The Balaban J connectivity index is 2.06. The number of nitrogens with one attached hydrogen (secondary N) is 1. The Bertz CT molecular complexity index is 743. The molecule has 2 N–H and O–H groups in total. The number of carbonyl (C=O) groups is 1. The third-order valence-corrected chi connectivity index (χ3v) is 4.78. The van der Waals surface area contributed by atoms with Gasteiger partial charge in [0.05, 0.1) is 25.3 Å². The average Bonchev–Trinajstić information content (AvgIpc) is 3.41. The molecule has 1 fully saturated rings. The molecular formula is C18H22N2O4S. The van der Waals surface area contributed by atoms with Crippen LogP contribution in [0, 0.1) is 0 Å². The lowest BCUT2D eigenvalue weighted by atomic mass is 9.94. The Kier molecular flexibility index (Phi) is 4.85. The van der Waals surface area contributed by atoms with Gasteiger partial charge in [-0.1, -0.05) is 6.07 Å². The van der Waals surface area contributed by atoms with Gasteiger partial charge in [0.25, 0.3) is 0 Å². The average molecular weight is 362 g/mol. The number of thiocarbonyl (C=S) groups is 1. The predicted molar refractivity (Wildman–Crippen MR) is 97.3 cm³/mol. The van der Waals surface area contributed by atoms with Crippen LogP contribution in [0.3, 0.4) is 0 Å². The Hall–Kier alpha value is -2.28. The Labute approximate surface area is 152 Å². The number of hydrogen-bond acceptors (Lipinski definition) is 5. The number of benzene rings is 1. The fraction of sp³-hybridized carbons (Fsp3) is 0.444. The molecular weight excluding hydrogens is 340 g/mol. The number of nitrogens with zero attached hydrogens (tertiary/aromatic N) is 1. The van der Waals surface area contributed by atoms with Crippen molar-refractivity contribution in [2.75, 3.05) is 13.7 Å². The van der Waals surface area contributed by atoms with Crippen LogP contribution in [0.1, 0.15) is 38.3 Å². The van der Waals surface area contributed by atoms with Gasteiger partial charge in [0.2, 0.25) is 0 Å². The van der Waals surface area contributed by atoms with Crippen molar-refractivity contribution < 1.29 is 19.4 Å². The number of ether oxygens (including phenoxy) is 2. The molecule has 1 aliphatic heterocycles. The fourth-order valence-electron chi connectivity index (χ4n) is 3.14. The van der Waals surface area contributed by atoms with Gasteiger partial charge in [0, 0.05) is 11.7 Å². The van der Waals surface area contributed by atoms with Gasteiger partial charge in [-0.05, 0) is 56.6 Å². The largest absolute Gasteiger partial charge is 0.504 e. The third-order valence-electron chi connectivity index (χ3n) is 4.46. The zero-order chi connectivity index (χ0) is 18.1. The molecule has 0 radical (unpaired) electrons. The van der Waals surface area contributed by atoms with Crippen molar-refractivity contribution >= 4 is 23.3 Å². The number of phenols is 1. The van der Waals surface area contributed by atoms with Crippen molar-refractivity contribution in [2.45, 2.75) is 38.8 Å². The topological polar surface area (TPSA) is 71.0 Å². The normalized spacial score (nSPS) is 20.4. The second kappa shape index (κ2) is 6.92. The van der Waals surface area contributed by atoms with Gasteiger partial charge in [0.15, 0.2) is 16.6 Å². The summed E-state index contributed by atoms with van der Waals surface area (Å²) in [6.45, 7) is 4.17. The molecule has 0 spiro atoms. The summed E-state index contributed by atoms with van der Waals surface area (Å²) in [4.78, 5) is 14.5. The van der Waals surface area contributed by atoms with Crippen LogP contribution < -0.4 is 10.1 Å². The smallest absolute Gasteiger partial charge is 0.337 e. The molecule has 134 valence electrons. The highest BCUT2D eigenvalue weighted by atomic mass is 32.1. The van der Waals surface area contributed by atoms with Crippen LogP contribution in [0.15, 0.2) is 29.5 Å². The molecule has 25 heavy (non-hydrogen) atoms. The van der Waals surface area contributed by atoms with Crippen LogP contribution in [0.5, 0.6) is 11.5 Å². The Morgan fingerprint density at radius 2 is 2.16 bits per heavy atom. The number of aromatic hydroxyl groups is 1. The van der Waals surface area contributed by atoms with Gasteiger partial charge in [-0.15, -0.1) is 0 Å². The number of hydrogen-bond donors (Lipinski definition) is 2. The summed E-state index contributed by atoms with van der Waals surface area (Å²) in [5.41, 5.74) is 2.11. The third kappa shape index (κ3) is 3.28. The van der Waals surface area contributed by atoms with Crippen LogP contribution in [-0.2, 0) is 9.53 Å². The monoisotopic (exact) mass is 362 g/mol. The first-order valence-corrected chi connectivity index (χ1v) is 8.73. The van der Waals surface area contributed by atoms with Crippen molar-refractivity contribution in [3.05, 3.63) is 35.0 Å². The maximum Gasteiger partial charge on any atom is 0.337 e. The summed E-state index contributed by atoms with van der Waals surface area (Å²) in [6.07, 6.45) is 2.12. The molecule has 0 saturated heterocycles. The number of esters is 1. The van der Waals surface area contributed by atoms with Gasteiger partial charge in [0.1, 0.15) is 0 Å². The van der Waals surface area contributed by atoms with E-state index in [1.54, 1.807) is 18.2 Å². The van der Waals surface area contributed by atoms with E-state index in [0.29, 0.717) is 29.1 Å². The summed E-state index contributed by atoms with van der Waals surface area (Å²) in [5, 5.41) is 13.8. The quantitative estimate of drug-likeness (QED) is 0.616. The maximum absolute atomic E-state index is 12.5. The molecule has 1 aliphatic carbocycles. The van der Waals surface area contributed by atoms with E-state index in [1.165, 1.54) is 7.11 Å². The van der Waals surface area contributed by atoms with E-state index >= 15 is 0 Å². The minimum absolute atomic E-state index is 0.0592. The van der Waals surface area contributed by atoms with Gasteiger partial charge in [-0.25, -0.2) is 4.79 Å². The lowest BCUT2D eigenvalue weighted by Crippen LogP contribution is -2.48. The molecule has 6 nitrogen and oxygen atoms in total. The van der Waals surface area contributed by atoms with Crippen LogP contribution in [0.2, 0.25) is 0 Å². The maximum atomic E-state index is 12.5. The van der Waals surface area contributed by atoms with E-state index in [4.69, 9.17) is 21.7 Å². The second-order valence-electron chi connectivity index (χ2n) is 6.13. The van der Waals surface area contributed by atoms with Gasteiger partial charge >= 0.3 is 5.97 Å². The zero-order valence-electron chi connectivity index (χ0n) is 14.5. The highest BCUT2D eigenvalue weighted by Crippen LogP contribution is 2.39. The van der Waals surface area contributed by atoms with Crippen LogP contribution >= 0.6 is 12.2 Å². The summed E-state index contributed by atoms with van der Waals surface area (Å²) >= 11 is 5.53. The Morgan fingerprint density at radius 1 is 1.44 bits per heavy atom. The van der Waals surface area contributed by atoms with E-state index in [9.17, 15) is 9.90 Å². The molecule has 1 aromatic rings. The van der Waals surface area contributed by atoms with E-state index in [-0.39, 0.29) is 5.75 Å². The summed E-state index contributed by atoms with van der Waals surface area (Å²) in [5.74, 6) is 0.0392. The fourth-order valence-corrected chi connectivity index (χ4v) is 3.54. The predicted octanol–water partition coefficient (Wildman–Crippen LogP) is 2.63. The minimum atomic E-state index is -0.449. The number of methoxy groups -OCH3 is 1. The second-order valence-corrected chi connectivity index (χ2v) is 6.52. The summed E-state index contributed by atoms with van der Waals surface area (Å²) < 4.78 is 10.5. The summed E-state index contributed by atoms with van der Waals surface area (Å²) in [7, 11) is 1.37. The van der Waals surface area contributed by atoms with E-state index in [1.807, 2.05) is 18.7 Å². The molecule has 1 saturated carbocycles. The first kappa shape index (κ1) is 17.5. The highest BCUT2D eigenvalue weighted by molar-refractivity contribution is 7.80. The molecule has 1 atom stereocenters. The number of phenolic OH excluding ortho intramolecular Hbond substituents is 1. The van der Waals surface area contributed by atoms with Gasteiger partial charge < -0.3 is 24.8 Å². The molecule has 1 unspecified atom stereocenters. The van der Waals surface area contributed by atoms with Crippen molar-refractivity contribution in [3.8, 4) is 11.5 Å². The molecule has 0 bridgehead atoms. The first-order chi connectivity index (χ1) is 12.0. The molecule has 7 heteroatoms. The number of allylic oxidation sites excluding steroid dienone is 1. The van der Waals surface area contributed by atoms with Crippen LogP contribution in [0.25, 0.3) is 0 Å². The van der Waals surface area contributed by atoms with E-state index in [2.05, 4.69) is 5.32 Å². The summed E-state index contributed by atoms with van der Waals surface area (Å²) in [6, 6.07) is 4.93. The highest BCUT2D eigenvalue weighted by Gasteiger charge is 2.40. The van der Waals surface area contributed by atoms with E-state index in [0.717, 1.165) is 24.1 Å². The van der Waals surface area contributed by atoms with Crippen molar-refractivity contribution in [3.63, 3.8) is 0 Å². The van der Waals surface area contributed by atoms with Gasteiger partial charge in [-0.2, -0.15) is 0 Å². The molecule has 1 aromatic carbocycles. The van der Waals surface area contributed by atoms with Gasteiger partial charge in [-0.3, -0.25) is 0 Å². The van der Waals surface area contributed by atoms with Crippen LogP contribution in [0.4, 0.5) is 0 Å². The standard InChI is InChI=1S/C18H22N2O4S/c1-4-24-14-9-11(5-8-13(14)21)16-15(17(22)23-3)10(2)20(12-6-7-12)18(25)19-16/h5,8-9,12,16,21H,4,6-7H2,1-3H3,(H,19,25). The molecule has 3 rings (SSSR count). The molecule has 0 aromatic heterocycles. The van der Waals surface area contributed by atoms with E-state index < -0.39 is 12.0 Å². The molecule has 0 amide bonds. The molecule has 2 aliphatic rings. The lowest BCUT2D eigenvalue weighted by Gasteiger charge is -2.37. The van der Waals surface area contributed by atoms with Crippen molar-refractivity contribution in [1.82, 2.24) is 10.2 Å². The minimum Gasteiger partial charge on any atom is -0.504 e. The Morgan fingerprint density at radius 3 is 2.76 bits per heavy atom. The first-order valence-electron chi connectivity index (χ1n) is 8.32. The number of rotatable bonds is 5. The SMILES string of the molecule is CCOc1cc(C2NC(=S)N(C3CC3)C(C)=C2C(=O)OC)ccc1O. The zero-order valence-corrected chi connectivity index (χ0v) is 15.4. The number of carbonyl (C=O) groups excluding carboxylic acids is 1. The van der Waals surface area contributed by atoms with Crippen LogP contribution in [-0.4, -0.2) is 40.8 Å². The lowest BCUT2D eigenvalue weighted by molar-refractivity contribution is -0.136. The van der Waals surface area contributed by atoms with Crippen molar-refractivity contribution in [2.24, 2.45) is 0 Å².